The van der Waals surface area contributed by atoms with E-state index in [1.165, 1.54) is 12.1 Å². The molecule has 4 aliphatic heterocycles. The maximum Gasteiger partial charge on any atom is 0.412 e. The molecule has 4 saturated heterocycles. The van der Waals surface area contributed by atoms with Crippen LogP contribution in [0.3, 0.4) is 0 Å². The summed E-state index contributed by atoms with van der Waals surface area (Å²) in [6.07, 6.45) is 1.73. The molecule has 1 N–H and O–H groups in total. The minimum atomic E-state index is -0.837. The summed E-state index contributed by atoms with van der Waals surface area (Å²) in [4.78, 5) is 41.8. The van der Waals surface area contributed by atoms with Crippen LogP contribution >= 0.6 is 22.9 Å². The van der Waals surface area contributed by atoms with Crippen LogP contribution in [0.15, 0.2) is 42.5 Å². The van der Waals surface area contributed by atoms with Crippen molar-refractivity contribution >= 4 is 66.9 Å². The van der Waals surface area contributed by atoms with Crippen LogP contribution in [0.25, 0.3) is 32.1 Å². The van der Waals surface area contributed by atoms with Gasteiger partial charge in [0.25, 0.3) is 0 Å². The van der Waals surface area contributed by atoms with E-state index in [1.807, 2.05) is 25.7 Å². The molecular formula is C43H46ClF2N7O5S. The molecule has 4 aromatic rings. The van der Waals surface area contributed by atoms with E-state index in [9.17, 15) is 14.9 Å². The van der Waals surface area contributed by atoms with Crippen LogP contribution in [-0.2, 0) is 9.47 Å². The molecule has 0 unspecified atom stereocenters. The molecule has 2 bridgehead atoms. The normalized spacial score (nSPS) is 20.3. The van der Waals surface area contributed by atoms with E-state index in [0.717, 1.165) is 48.4 Å². The first-order valence-corrected chi connectivity index (χ1v) is 20.8. The Hall–Kier alpha value is -5.04. The third-order valence-electron chi connectivity index (χ3n) is 11.1. The largest absolute Gasteiger partial charge is 0.461 e. The Morgan fingerprint density at radius 1 is 1.03 bits per heavy atom. The number of piperazine rings is 1. The number of nitrogens with one attached hydrogen (secondary N) is 1. The summed E-state index contributed by atoms with van der Waals surface area (Å²) in [5.74, 6) is -1.11. The highest BCUT2D eigenvalue weighted by Gasteiger charge is 2.49. The standard InChI is InChI=1S/C43H46ClF2N7O5S/c1-22-14-43(15-23(2)18-52(43)17-22)21-56-38-48-34-27(36(49-38)51-19-24-9-10-25(20-51)53(24)40(55)58-42(6,7)8)13-29(44)32(33(34)46)26-11-12-30(45)35-31(26)28(16-47)37(59-35)50-39(54)57-41(3,4)5/h11-13,24-25H,1-2,9-10,14-15,17-21H2,3-8H3,(H,50,54)/t24-,25+. The van der Waals surface area contributed by atoms with Crippen molar-refractivity contribution < 1.29 is 32.6 Å². The molecule has 12 nitrogen and oxygen atoms in total. The average molecular weight is 846 g/mol. The van der Waals surface area contributed by atoms with E-state index < -0.39 is 28.9 Å². The van der Waals surface area contributed by atoms with E-state index in [-0.39, 0.29) is 78.7 Å². The highest BCUT2D eigenvalue weighted by Crippen LogP contribution is 2.48. The Morgan fingerprint density at radius 3 is 2.29 bits per heavy atom. The lowest BCUT2D eigenvalue weighted by atomic mass is 9.92. The van der Waals surface area contributed by atoms with Gasteiger partial charge in [-0.2, -0.15) is 15.2 Å². The zero-order valence-corrected chi connectivity index (χ0v) is 35.5. The van der Waals surface area contributed by atoms with E-state index in [4.69, 9.17) is 30.8 Å². The summed E-state index contributed by atoms with van der Waals surface area (Å²) in [6.45, 7) is 21.5. The van der Waals surface area contributed by atoms with Crippen molar-refractivity contribution in [2.45, 2.75) is 96.1 Å². The van der Waals surface area contributed by atoms with Gasteiger partial charge in [0.15, 0.2) is 5.82 Å². The zero-order valence-electron chi connectivity index (χ0n) is 33.9. The summed E-state index contributed by atoms with van der Waals surface area (Å²) in [5, 5.41) is 13.3. The van der Waals surface area contributed by atoms with Crippen LogP contribution in [0.2, 0.25) is 5.02 Å². The minimum Gasteiger partial charge on any atom is -0.461 e. The molecule has 0 saturated carbocycles. The van der Waals surface area contributed by atoms with Gasteiger partial charge in [0.2, 0.25) is 0 Å². The number of fused-ring (bicyclic) bond motifs is 5. The van der Waals surface area contributed by atoms with Crippen LogP contribution in [0.1, 0.15) is 72.8 Å². The number of nitriles is 1. The smallest absolute Gasteiger partial charge is 0.412 e. The number of amides is 2. The van der Waals surface area contributed by atoms with Gasteiger partial charge in [0.05, 0.1) is 32.9 Å². The van der Waals surface area contributed by atoms with Crippen LogP contribution < -0.4 is 15.0 Å². The first-order valence-electron chi connectivity index (χ1n) is 19.6. The highest BCUT2D eigenvalue weighted by molar-refractivity contribution is 7.23. The van der Waals surface area contributed by atoms with Crippen molar-refractivity contribution in [3.05, 3.63) is 64.7 Å². The number of carbonyl (C=O) groups is 2. The molecule has 2 amide bonds. The number of hydrogen-bond acceptors (Lipinski definition) is 11. The van der Waals surface area contributed by atoms with Crippen LogP contribution in [0.4, 0.5) is 29.2 Å². The fraction of sp³-hybridized carbons (Fsp3) is 0.465. The molecule has 16 heteroatoms. The Kier molecular flexibility index (Phi) is 10.1. The second kappa shape index (κ2) is 14.6. The number of halogens is 3. The second-order valence-electron chi connectivity index (χ2n) is 18.0. The Balaban J connectivity index is 1.24. The maximum absolute atomic E-state index is 17.5. The van der Waals surface area contributed by atoms with E-state index in [0.29, 0.717) is 37.1 Å². The van der Waals surface area contributed by atoms with Gasteiger partial charge in [-0.1, -0.05) is 42.0 Å². The van der Waals surface area contributed by atoms with Gasteiger partial charge in [0, 0.05) is 42.5 Å². The van der Waals surface area contributed by atoms with Crippen molar-refractivity contribution in [1.29, 1.82) is 5.26 Å². The number of nitrogens with zero attached hydrogens (tertiary/aromatic N) is 6. The average Bonchev–Trinajstić information content (AvgIpc) is 3.82. The van der Waals surface area contributed by atoms with E-state index in [1.54, 1.807) is 31.7 Å². The lowest BCUT2D eigenvalue weighted by Gasteiger charge is -2.42. The van der Waals surface area contributed by atoms with Crippen molar-refractivity contribution in [1.82, 2.24) is 19.8 Å². The number of carbonyl (C=O) groups excluding carboxylic acids is 2. The predicted molar refractivity (Wildman–Crippen MR) is 224 cm³/mol. The quantitative estimate of drug-likeness (QED) is 0.187. The zero-order chi connectivity index (χ0) is 42.3. The molecular weight excluding hydrogens is 800 g/mol. The summed E-state index contributed by atoms with van der Waals surface area (Å²) in [6, 6.07) is 5.76. The van der Waals surface area contributed by atoms with E-state index >= 15 is 8.78 Å². The molecule has 2 atom stereocenters. The lowest BCUT2D eigenvalue weighted by Crippen LogP contribution is -2.57. The van der Waals surface area contributed by atoms with Gasteiger partial charge in [0.1, 0.15) is 46.0 Å². The molecule has 6 heterocycles. The second-order valence-corrected chi connectivity index (χ2v) is 19.4. The summed E-state index contributed by atoms with van der Waals surface area (Å²) < 4.78 is 50.7. The summed E-state index contributed by atoms with van der Waals surface area (Å²) in [5.41, 5.74) is 0.142. The van der Waals surface area contributed by atoms with Gasteiger partial charge in [-0.3, -0.25) is 15.1 Å². The summed E-state index contributed by atoms with van der Waals surface area (Å²) in [7, 11) is 0. The molecule has 8 rings (SSSR count). The highest BCUT2D eigenvalue weighted by atomic mass is 35.5. The van der Waals surface area contributed by atoms with Crippen molar-refractivity contribution in [2.24, 2.45) is 0 Å². The number of thiophene rings is 1. The SMILES string of the molecule is C=C1CN2CC(=C)CC2(COc2nc(N3C[C@H]4CC[C@@H](C3)N4C(=O)OC(C)(C)C)c3cc(Cl)c(-c4ccc(F)c5sc(NC(=O)OC(C)(C)C)c(C#N)c45)c(F)c3n2)C1. The number of hydrogen-bond donors (Lipinski definition) is 1. The third-order valence-corrected chi connectivity index (χ3v) is 12.6. The number of aromatic nitrogens is 2. The van der Waals surface area contributed by atoms with Crippen molar-refractivity contribution in [2.75, 3.05) is 43.0 Å². The third kappa shape index (κ3) is 7.55. The van der Waals surface area contributed by atoms with E-state index in [2.05, 4.69) is 34.4 Å². The molecule has 0 radical (unpaired) electrons. The first-order chi connectivity index (χ1) is 27.7. The Bertz CT molecular complexity index is 2470. The molecule has 59 heavy (non-hydrogen) atoms. The van der Waals surface area contributed by atoms with Crippen molar-refractivity contribution in [3.63, 3.8) is 0 Å². The molecule has 2 aromatic heterocycles. The van der Waals surface area contributed by atoms with Gasteiger partial charge >= 0.3 is 18.2 Å². The molecule has 4 fully saturated rings. The summed E-state index contributed by atoms with van der Waals surface area (Å²) >= 11 is 7.86. The van der Waals surface area contributed by atoms with Gasteiger partial charge < -0.3 is 19.1 Å². The van der Waals surface area contributed by atoms with Crippen molar-refractivity contribution in [3.8, 4) is 23.2 Å². The van der Waals surface area contributed by atoms with Gasteiger partial charge in [-0.25, -0.2) is 18.4 Å². The minimum absolute atomic E-state index is 0.0199. The topological polar surface area (TPSA) is 133 Å². The fourth-order valence-electron chi connectivity index (χ4n) is 9.02. The molecule has 2 aromatic carbocycles. The van der Waals surface area contributed by atoms with Gasteiger partial charge in [-0.05, 0) is 84.9 Å². The monoisotopic (exact) mass is 845 g/mol. The van der Waals surface area contributed by atoms with Crippen LogP contribution in [0.5, 0.6) is 6.01 Å². The number of rotatable bonds is 6. The number of benzene rings is 2. The maximum atomic E-state index is 17.5. The molecule has 310 valence electrons. The van der Waals surface area contributed by atoms with Crippen LogP contribution in [-0.4, -0.2) is 93.6 Å². The first kappa shape index (κ1) is 40.7. The molecule has 4 aliphatic rings. The molecule has 0 aliphatic carbocycles. The fourth-order valence-corrected chi connectivity index (χ4v) is 10.4. The van der Waals surface area contributed by atoms with Gasteiger partial charge in [-0.15, -0.1) is 11.3 Å². The number of ether oxygens (including phenoxy) is 3. The predicted octanol–water partition coefficient (Wildman–Crippen LogP) is 9.59. The molecule has 0 spiro atoms. The van der Waals surface area contributed by atoms with Crippen LogP contribution in [0, 0.1) is 23.0 Å². The Morgan fingerprint density at radius 2 is 1.68 bits per heavy atom. The number of anilines is 2. The Labute approximate surface area is 350 Å². The lowest BCUT2D eigenvalue weighted by molar-refractivity contribution is 0.0122.